The molecule has 0 atom stereocenters. The van der Waals surface area contributed by atoms with Crippen molar-refractivity contribution in [1.82, 2.24) is 19.7 Å². The molecule has 5 heteroatoms. The fourth-order valence-corrected chi connectivity index (χ4v) is 3.14. The molecule has 1 aromatic carbocycles. The van der Waals surface area contributed by atoms with Crippen LogP contribution in [0.2, 0.25) is 0 Å². The lowest BCUT2D eigenvalue weighted by molar-refractivity contribution is 0.770. The van der Waals surface area contributed by atoms with Crippen LogP contribution in [0.25, 0.3) is 5.82 Å². The van der Waals surface area contributed by atoms with Gasteiger partial charge >= 0.3 is 0 Å². The first kappa shape index (κ1) is 14.8. The first-order valence-electron chi connectivity index (χ1n) is 7.16. The number of rotatable bonds is 4. The van der Waals surface area contributed by atoms with E-state index in [1.54, 1.807) is 24.2 Å². The molecule has 3 aromatic rings. The summed E-state index contributed by atoms with van der Waals surface area (Å²) in [7, 11) is 0. The monoisotopic (exact) mass is 310 g/mol. The Morgan fingerprint density at radius 1 is 1.00 bits per heavy atom. The maximum atomic E-state index is 4.51. The number of aromatic nitrogens is 4. The van der Waals surface area contributed by atoms with E-state index in [0.717, 1.165) is 28.0 Å². The van der Waals surface area contributed by atoms with Gasteiger partial charge in [0.2, 0.25) is 0 Å². The van der Waals surface area contributed by atoms with E-state index in [1.807, 2.05) is 24.6 Å². The zero-order chi connectivity index (χ0) is 15.5. The lowest BCUT2D eigenvalue weighted by atomic mass is 10.2. The van der Waals surface area contributed by atoms with Crippen LogP contribution < -0.4 is 0 Å². The predicted molar refractivity (Wildman–Crippen MR) is 89.4 cm³/mol. The SMILES string of the molecule is Cc1ccc(CSc2nccnc2-n2nc(C)cc2C)cc1. The molecule has 0 N–H and O–H groups in total. The Balaban J connectivity index is 1.85. The van der Waals surface area contributed by atoms with Crippen molar-refractivity contribution in [3.63, 3.8) is 0 Å². The van der Waals surface area contributed by atoms with Gasteiger partial charge in [0.1, 0.15) is 5.03 Å². The Morgan fingerprint density at radius 3 is 2.41 bits per heavy atom. The van der Waals surface area contributed by atoms with E-state index in [1.165, 1.54) is 11.1 Å². The van der Waals surface area contributed by atoms with Gasteiger partial charge in [-0.1, -0.05) is 41.6 Å². The molecule has 0 radical (unpaired) electrons. The van der Waals surface area contributed by atoms with Gasteiger partial charge in [-0.2, -0.15) is 5.10 Å². The maximum Gasteiger partial charge on any atom is 0.186 e. The first-order valence-corrected chi connectivity index (χ1v) is 8.15. The molecule has 2 heterocycles. The van der Waals surface area contributed by atoms with E-state index in [9.17, 15) is 0 Å². The highest BCUT2D eigenvalue weighted by atomic mass is 32.2. The van der Waals surface area contributed by atoms with Gasteiger partial charge in [0.05, 0.1) is 5.69 Å². The standard InChI is InChI=1S/C17H18N4S/c1-12-4-6-15(7-5-12)11-22-17-16(18-8-9-19-17)21-14(3)10-13(2)20-21/h4-10H,11H2,1-3H3. The molecule has 4 nitrogen and oxygen atoms in total. The summed E-state index contributed by atoms with van der Waals surface area (Å²) in [5.41, 5.74) is 4.60. The van der Waals surface area contributed by atoms with E-state index in [2.05, 4.69) is 46.3 Å². The number of hydrogen-bond donors (Lipinski definition) is 0. The zero-order valence-electron chi connectivity index (χ0n) is 12.9. The smallest absolute Gasteiger partial charge is 0.186 e. The maximum absolute atomic E-state index is 4.51. The molecule has 112 valence electrons. The Morgan fingerprint density at radius 2 is 1.73 bits per heavy atom. The number of benzene rings is 1. The van der Waals surface area contributed by atoms with E-state index in [0.29, 0.717) is 0 Å². The lowest BCUT2D eigenvalue weighted by Crippen LogP contribution is -2.05. The zero-order valence-corrected chi connectivity index (χ0v) is 13.8. The summed E-state index contributed by atoms with van der Waals surface area (Å²) < 4.78 is 1.86. The summed E-state index contributed by atoms with van der Waals surface area (Å²) in [6.45, 7) is 6.11. The van der Waals surface area contributed by atoms with Crippen LogP contribution >= 0.6 is 11.8 Å². The van der Waals surface area contributed by atoms with Crippen LogP contribution in [-0.2, 0) is 5.75 Å². The van der Waals surface area contributed by atoms with Crippen molar-refractivity contribution in [3.8, 4) is 5.82 Å². The average Bonchev–Trinajstić information content (AvgIpc) is 2.85. The second-order valence-corrected chi connectivity index (χ2v) is 6.26. The third-order valence-corrected chi connectivity index (χ3v) is 4.39. The van der Waals surface area contributed by atoms with Crippen LogP contribution in [0.1, 0.15) is 22.5 Å². The molecule has 3 rings (SSSR count). The molecule has 0 bridgehead atoms. The van der Waals surface area contributed by atoms with Gasteiger partial charge in [-0.05, 0) is 32.4 Å². The molecular formula is C17H18N4S. The second-order valence-electron chi connectivity index (χ2n) is 5.30. The number of hydrogen-bond acceptors (Lipinski definition) is 4. The van der Waals surface area contributed by atoms with Crippen molar-refractivity contribution in [2.75, 3.05) is 0 Å². The molecule has 0 saturated heterocycles. The van der Waals surface area contributed by atoms with Crippen LogP contribution in [0, 0.1) is 20.8 Å². The summed E-state index contributed by atoms with van der Waals surface area (Å²) in [6, 6.07) is 10.6. The highest BCUT2D eigenvalue weighted by molar-refractivity contribution is 7.98. The summed E-state index contributed by atoms with van der Waals surface area (Å²) in [6.07, 6.45) is 3.44. The molecule has 0 saturated carbocycles. The van der Waals surface area contributed by atoms with Crippen molar-refractivity contribution in [1.29, 1.82) is 0 Å². The van der Waals surface area contributed by atoms with Crippen LogP contribution in [0.5, 0.6) is 0 Å². The second kappa shape index (κ2) is 6.32. The number of thioether (sulfide) groups is 1. The Hall–Kier alpha value is -2.14. The van der Waals surface area contributed by atoms with Gasteiger partial charge in [0.15, 0.2) is 5.82 Å². The van der Waals surface area contributed by atoms with Gasteiger partial charge in [0.25, 0.3) is 0 Å². The summed E-state index contributed by atoms with van der Waals surface area (Å²) in [4.78, 5) is 8.94. The average molecular weight is 310 g/mol. The Labute approximate surface area is 134 Å². The number of aryl methyl sites for hydroxylation is 3. The van der Waals surface area contributed by atoms with Gasteiger partial charge in [-0.15, -0.1) is 0 Å². The molecule has 0 aliphatic carbocycles. The van der Waals surface area contributed by atoms with Crippen LogP contribution in [0.4, 0.5) is 0 Å². The van der Waals surface area contributed by atoms with Gasteiger partial charge < -0.3 is 0 Å². The highest BCUT2D eigenvalue weighted by Gasteiger charge is 2.12. The van der Waals surface area contributed by atoms with Crippen LogP contribution in [-0.4, -0.2) is 19.7 Å². The Kier molecular flexibility index (Phi) is 4.24. The fourth-order valence-electron chi connectivity index (χ4n) is 2.24. The topological polar surface area (TPSA) is 43.6 Å². The van der Waals surface area contributed by atoms with Crippen molar-refractivity contribution in [2.45, 2.75) is 31.6 Å². The largest absolute Gasteiger partial charge is 0.244 e. The van der Waals surface area contributed by atoms with Gasteiger partial charge in [-0.25, -0.2) is 14.6 Å². The minimum Gasteiger partial charge on any atom is -0.244 e. The van der Waals surface area contributed by atoms with E-state index < -0.39 is 0 Å². The van der Waals surface area contributed by atoms with Crippen LogP contribution in [0.3, 0.4) is 0 Å². The van der Waals surface area contributed by atoms with Gasteiger partial charge in [0, 0.05) is 23.8 Å². The minimum absolute atomic E-state index is 0.796. The van der Waals surface area contributed by atoms with E-state index in [4.69, 9.17) is 0 Å². The molecule has 22 heavy (non-hydrogen) atoms. The first-order chi connectivity index (χ1) is 10.6. The molecule has 0 aliphatic rings. The summed E-state index contributed by atoms with van der Waals surface area (Å²) >= 11 is 1.68. The van der Waals surface area contributed by atoms with Gasteiger partial charge in [-0.3, -0.25) is 0 Å². The lowest BCUT2D eigenvalue weighted by Gasteiger charge is -2.08. The normalized spacial score (nSPS) is 10.9. The van der Waals surface area contributed by atoms with Crippen molar-refractivity contribution in [2.24, 2.45) is 0 Å². The van der Waals surface area contributed by atoms with Crippen LogP contribution in [0.15, 0.2) is 47.8 Å². The predicted octanol–water partition coefficient (Wildman–Crippen LogP) is 3.88. The number of nitrogens with zero attached hydrogens (tertiary/aromatic N) is 4. The highest BCUT2D eigenvalue weighted by Crippen LogP contribution is 2.26. The third kappa shape index (κ3) is 3.20. The molecular weight excluding hydrogens is 292 g/mol. The minimum atomic E-state index is 0.796. The molecule has 0 aliphatic heterocycles. The van der Waals surface area contributed by atoms with E-state index in [-0.39, 0.29) is 0 Å². The van der Waals surface area contributed by atoms with Crippen molar-refractivity contribution >= 4 is 11.8 Å². The molecule has 2 aromatic heterocycles. The quantitative estimate of drug-likeness (QED) is 0.686. The molecule has 0 fully saturated rings. The summed E-state index contributed by atoms with van der Waals surface area (Å²) in [5, 5.41) is 5.41. The molecule has 0 spiro atoms. The fraction of sp³-hybridized carbons (Fsp3) is 0.235. The Bertz CT molecular complexity index is 778. The third-order valence-electron chi connectivity index (χ3n) is 3.35. The molecule has 0 unspecified atom stereocenters. The summed E-state index contributed by atoms with van der Waals surface area (Å²) in [5.74, 6) is 1.66. The van der Waals surface area contributed by atoms with Crippen molar-refractivity contribution in [3.05, 3.63) is 65.2 Å². The van der Waals surface area contributed by atoms with E-state index >= 15 is 0 Å². The molecule has 0 amide bonds. The van der Waals surface area contributed by atoms with Crippen molar-refractivity contribution < 1.29 is 0 Å².